The number of nitrogens with zero attached hydrogens (tertiary/aromatic N) is 1. The zero-order valence-corrected chi connectivity index (χ0v) is 11.8. The van der Waals surface area contributed by atoms with E-state index < -0.39 is 16.4 Å². The maximum atomic E-state index is 11.5. The molecule has 110 valence electrons. The molecule has 1 unspecified atom stereocenters. The van der Waals surface area contributed by atoms with Gasteiger partial charge in [-0.2, -0.15) is 0 Å². The Balaban J connectivity index is 2.92. The predicted octanol–water partition coefficient (Wildman–Crippen LogP) is 1.14. The van der Waals surface area contributed by atoms with Crippen LogP contribution in [0, 0.1) is 17.0 Å². The van der Waals surface area contributed by atoms with Crippen LogP contribution in [0.15, 0.2) is 18.2 Å². The van der Waals surface area contributed by atoms with Crippen molar-refractivity contribution in [2.75, 3.05) is 13.2 Å². The summed E-state index contributed by atoms with van der Waals surface area (Å²) in [7, 11) is 0. The third-order valence-corrected chi connectivity index (χ3v) is 3.08. The van der Waals surface area contributed by atoms with Gasteiger partial charge in [-0.15, -0.1) is 0 Å². The highest BCUT2D eigenvalue weighted by Gasteiger charge is 2.31. The SMILES string of the molecule is CCNC(C)(COc1cccc([N+](=O)[O-])c1C)C(N)=O. The third-order valence-electron chi connectivity index (χ3n) is 3.08. The molecule has 0 bridgehead atoms. The molecule has 1 atom stereocenters. The number of hydrogen-bond donors (Lipinski definition) is 2. The number of benzene rings is 1. The first-order chi connectivity index (χ1) is 9.31. The van der Waals surface area contributed by atoms with Crippen molar-refractivity contribution in [2.24, 2.45) is 5.73 Å². The zero-order chi connectivity index (χ0) is 15.3. The molecule has 1 rings (SSSR count). The largest absolute Gasteiger partial charge is 0.491 e. The summed E-state index contributed by atoms with van der Waals surface area (Å²) in [5.41, 5.74) is 4.72. The van der Waals surface area contributed by atoms with Gasteiger partial charge in [-0.3, -0.25) is 14.9 Å². The molecular formula is C13H19N3O4. The van der Waals surface area contributed by atoms with E-state index in [0.717, 1.165) is 0 Å². The number of nitro groups is 1. The molecule has 1 amide bonds. The molecule has 20 heavy (non-hydrogen) atoms. The van der Waals surface area contributed by atoms with Crippen molar-refractivity contribution in [3.05, 3.63) is 33.9 Å². The highest BCUT2D eigenvalue weighted by atomic mass is 16.6. The predicted molar refractivity (Wildman–Crippen MR) is 74.6 cm³/mol. The Kier molecular flexibility index (Phi) is 5.04. The topological polar surface area (TPSA) is 107 Å². The number of amides is 1. The van der Waals surface area contributed by atoms with Crippen molar-refractivity contribution >= 4 is 11.6 Å². The molecule has 0 heterocycles. The molecule has 7 heteroatoms. The molecule has 0 aliphatic heterocycles. The molecule has 0 spiro atoms. The average molecular weight is 281 g/mol. The molecule has 0 aliphatic carbocycles. The van der Waals surface area contributed by atoms with Gasteiger partial charge in [0, 0.05) is 6.07 Å². The zero-order valence-electron chi connectivity index (χ0n) is 11.8. The molecular weight excluding hydrogens is 262 g/mol. The maximum absolute atomic E-state index is 11.5. The second kappa shape index (κ2) is 6.33. The lowest BCUT2D eigenvalue weighted by Crippen LogP contribution is -2.57. The van der Waals surface area contributed by atoms with E-state index in [1.165, 1.54) is 12.1 Å². The normalized spacial score (nSPS) is 13.6. The van der Waals surface area contributed by atoms with E-state index in [9.17, 15) is 14.9 Å². The molecule has 0 fully saturated rings. The van der Waals surface area contributed by atoms with Crippen LogP contribution in [0.4, 0.5) is 5.69 Å². The summed E-state index contributed by atoms with van der Waals surface area (Å²) in [5.74, 6) is -0.174. The van der Waals surface area contributed by atoms with Gasteiger partial charge in [0.2, 0.25) is 5.91 Å². The number of rotatable bonds is 7. The van der Waals surface area contributed by atoms with Crippen LogP contribution in [0.25, 0.3) is 0 Å². The van der Waals surface area contributed by atoms with Crippen LogP contribution < -0.4 is 15.8 Å². The van der Waals surface area contributed by atoms with Crippen LogP contribution in [0.1, 0.15) is 19.4 Å². The fourth-order valence-corrected chi connectivity index (χ4v) is 1.78. The van der Waals surface area contributed by atoms with Crippen molar-refractivity contribution in [1.29, 1.82) is 0 Å². The second-order valence-corrected chi connectivity index (χ2v) is 4.67. The number of ether oxygens (including phenoxy) is 1. The first-order valence-corrected chi connectivity index (χ1v) is 6.23. The Hall–Kier alpha value is -2.15. The Bertz CT molecular complexity index is 518. The number of likely N-dealkylation sites (N-methyl/N-ethyl adjacent to an activating group) is 1. The fourth-order valence-electron chi connectivity index (χ4n) is 1.78. The minimum atomic E-state index is -1.02. The summed E-state index contributed by atoms with van der Waals surface area (Å²) in [4.78, 5) is 21.8. The van der Waals surface area contributed by atoms with Crippen LogP contribution in [0.5, 0.6) is 5.75 Å². The summed E-state index contributed by atoms with van der Waals surface area (Å²) in [6, 6.07) is 4.56. The van der Waals surface area contributed by atoms with Gasteiger partial charge >= 0.3 is 0 Å². The van der Waals surface area contributed by atoms with E-state index in [0.29, 0.717) is 17.9 Å². The summed E-state index contributed by atoms with van der Waals surface area (Å²) < 4.78 is 5.54. The van der Waals surface area contributed by atoms with Crippen LogP contribution >= 0.6 is 0 Å². The first-order valence-electron chi connectivity index (χ1n) is 6.23. The summed E-state index contributed by atoms with van der Waals surface area (Å²) in [6.07, 6.45) is 0. The van der Waals surface area contributed by atoms with Crippen LogP contribution in [0.3, 0.4) is 0 Å². The van der Waals surface area contributed by atoms with Crippen molar-refractivity contribution < 1.29 is 14.5 Å². The van der Waals surface area contributed by atoms with Crippen LogP contribution in [-0.4, -0.2) is 29.5 Å². The number of carbonyl (C=O) groups excluding carboxylic acids is 1. The quantitative estimate of drug-likeness (QED) is 0.575. The minimum absolute atomic E-state index is 0.00180. The molecule has 1 aromatic carbocycles. The Labute approximate surface area is 117 Å². The van der Waals surface area contributed by atoms with Gasteiger partial charge in [0.15, 0.2) is 0 Å². The van der Waals surface area contributed by atoms with E-state index >= 15 is 0 Å². The highest BCUT2D eigenvalue weighted by Crippen LogP contribution is 2.27. The standard InChI is InChI=1S/C13H19N3O4/c1-4-15-13(3,12(14)17)8-20-11-7-5-6-10(9(11)2)16(18)19/h5-7,15H,4,8H2,1-3H3,(H2,14,17). The fraction of sp³-hybridized carbons (Fsp3) is 0.462. The number of carbonyl (C=O) groups is 1. The van der Waals surface area contributed by atoms with E-state index in [2.05, 4.69) is 5.32 Å². The Morgan fingerprint density at radius 2 is 2.20 bits per heavy atom. The number of nitro benzene ring substituents is 1. The van der Waals surface area contributed by atoms with Crippen molar-refractivity contribution in [3.8, 4) is 5.75 Å². The van der Waals surface area contributed by atoms with Crippen molar-refractivity contribution in [2.45, 2.75) is 26.3 Å². The molecule has 0 aliphatic rings. The third kappa shape index (κ3) is 3.45. The van der Waals surface area contributed by atoms with Crippen LogP contribution in [0.2, 0.25) is 0 Å². The van der Waals surface area contributed by atoms with E-state index in [4.69, 9.17) is 10.5 Å². The molecule has 0 radical (unpaired) electrons. The van der Waals surface area contributed by atoms with Crippen molar-refractivity contribution in [3.63, 3.8) is 0 Å². The number of hydrogen-bond acceptors (Lipinski definition) is 5. The molecule has 3 N–H and O–H groups in total. The molecule has 0 saturated carbocycles. The summed E-state index contributed by atoms with van der Waals surface area (Å²) in [5, 5.41) is 13.8. The first kappa shape index (κ1) is 15.9. The molecule has 7 nitrogen and oxygen atoms in total. The number of primary amides is 1. The van der Waals surface area contributed by atoms with E-state index in [1.807, 2.05) is 6.92 Å². The van der Waals surface area contributed by atoms with Gasteiger partial charge in [0.1, 0.15) is 17.9 Å². The minimum Gasteiger partial charge on any atom is -0.491 e. The lowest BCUT2D eigenvalue weighted by atomic mass is 10.0. The highest BCUT2D eigenvalue weighted by molar-refractivity contribution is 5.84. The smallest absolute Gasteiger partial charge is 0.276 e. The Morgan fingerprint density at radius 3 is 2.70 bits per heavy atom. The van der Waals surface area contributed by atoms with Gasteiger partial charge in [-0.25, -0.2) is 0 Å². The monoisotopic (exact) mass is 281 g/mol. The molecule has 1 aromatic rings. The average Bonchev–Trinajstić information content (AvgIpc) is 2.37. The van der Waals surface area contributed by atoms with Gasteiger partial charge in [0.25, 0.3) is 5.69 Å². The lowest BCUT2D eigenvalue weighted by Gasteiger charge is -2.27. The van der Waals surface area contributed by atoms with Crippen LogP contribution in [-0.2, 0) is 4.79 Å². The van der Waals surface area contributed by atoms with Crippen molar-refractivity contribution in [1.82, 2.24) is 5.32 Å². The van der Waals surface area contributed by atoms with Gasteiger partial charge < -0.3 is 15.8 Å². The maximum Gasteiger partial charge on any atom is 0.276 e. The van der Waals surface area contributed by atoms with E-state index in [1.54, 1.807) is 19.9 Å². The lowest BCUT2D eigenvalue weighted by molar-refractivity contribution is -0.385. The number of nitrogens with two attached hydrogens (primary N) is 1. The summed E-state index contributed by atoms with van der Waals surface area (Å²) >= 11 is 0. The molecule has 0 aromatic heterocycles. The molecule has 0 saturated heterocycles. The van der Waals surface area contributed by atoms with Gasteiger partial charge in [0.05, 0.1) is 10.5 Å². The van der Waals surface area contributed by atoms with E-state index in [-0.39, 0.29) is 12.3 Å². The second-order valence-electron chi connectivity index (χ2n) is 4.67. The van der Waals surface area contributed by atoms with Gasteiger partial charge in [-0.1, -0.05) is 13.0 Å². The van der Waals surface area contributed by atoms with Gasteiger partial charge in [-0.05, 0) is 26.5 Å². The summed E-state index contributed by atoms with van der Waals surface area (Å²) in [6.45, 7) is 5.63. The number of nitrogens with one attached hydrogen (secondary N) is 1. The Morgan fingerprint density at radius 1 is 1.55 bits per heavy atom.